The van der Waals surface area contributed by atoms with E-state index in [-0.39, 0.29) is 5.91 Å². The summed E-state index contributed by atoms with van der Waals surface area (Å²) in [6, 6.07) is 0. The molecule has 0 aromatic carbocycles. The number of aryl methyl sites for hydroxylation is 1. The van der Waals surface area contributed by atoms with Gasteiger partial charge in [-0.1, -0.05) is 6.92 Å². The van der Waals surface area contributed by atoms with E-state index >= 15 is 0 Å². The highest BCUT2D eigenvalue weighted by molar-refractivity contribution is 7.09. The standard InChI is InChI=1S/C11H18N4OS/c1-2-9-13-11(17-14-9)12-6-5-10(16)15-7-3-4-8-15/h2-8H2,1H3,(H,12,13,14). The van der Waals surface area contributed by atoms with E-state index in [4.69, 9.17) is 0 Å². The van der Waals surface area contributed by atoms with Crippen molar-refractivity contribution in [2.45, 2.75) is 32.6 Å². The molecule has 1 aromatic rings. The molecule has 0 spiro atoms. The molecule has 1 N–H and O–H groups in total. The normalized spacial score (nSPS) is 15.2. The van der Waals surface area contributed by atoms with Gasteiger partial charge in [0.2, 0.25) is 11.0 Å². The van der Waals surface area contributed by atoms with Crippen molar-refractivity contribution < 1.29 is 4.79 Å². The van der Waals surface area contributed by atoms with Crippen LogP contribution in [0.15, 0.2) is 0 Å². The van der Waals surface area contributed by atoms with Crippen LogP contribution in [0.5, 0.6) is 0 Å². The third-order valence-electron chi connectivity index (χ3n) is 2.86. The topological polar surface area (TPSA) is 58.1 Å². The Morgan fingerprint density at radius 1 is 1.47 bits per heavy atom. The van der Waals surface area contributed by atoms with Crippen LogP contribution in [0.25, 0.3) is 0 Å². The number of hydrogen-bond donors (Lipinski definition) is 1. The quantitative estimate of drug-likeness (QED) is 0.865. The van der Waals surface area contributed by atoms with Crippen LogP contribution >= 0.6 is 11.5 Å². The van der Waals surface area contributed by atoms with Crippen LogP contribution in [0.3, 0.4) is 0 Å². The molecule has 1 amide bonds. The van der Waals surface area contributed by atoms with Crippen molar-refractivity contribution >= 4 is 22.6 Å². The molecule has 1 aliphatic rings. The van der Waals surface area contributed by atoms with Gasteiger partial charge in [0.15, 0.2) is 0 Å². The van der Waals surface area contributed by atoms with Crippen molar-refractivity contribution in [1.29, 1.82) is 0 Å². The molecule has 0 radical (unpaired) electrons. The Labute approximate surface area is 105 Å². The van der Waals surface area contributed by atoms with E-state index in [1.54, 1.807) is 0 Å². The fourth-order valence-electron chi connectivity index (χ4n) is 1.87. The highest BCUT2D eigenvalue weighted by atomic mass is 32.1. The molecule has 1 aliphatic heterocycles. The first-order valence-corrected chi connectivity index (χ1v) is 6.91. The maximum Gasteiger partial charge on any atom is 0.224 e. The lowest BCUT2D eigenvalue weighted by molar-refractivity contribution is -0.129. The summed E-state index contributed by atoms with van der Waals surface area (Å²) in [7, 11) is 0. The molecule has 1 saturated heterocycles. The van der Waals surface area contributed by atoms with E-state index in [0.717, 1.165) is 43.3 Å². The lowest BCUT2D eigenvalue weighted by Gasteiger charge is -2.14. The fraction of sp³-hybridized carbons (Fsp3) is 0.727. The van der Waals surface area contributed by atoms with Crippen molar-refractivity contribution in [3.8, 4) is 0 Å². The van der Waals surface area contributed by atoms with Crippen LogP contribution in [0.4, 0.5) is 5.13 Å². The first-order chi connectivity index (χ1) is 8.29. The van der Waals surface area contributed by atoms with Gasteiger partial charge in [-0.15, -0.1) is 0 Å². The van der Waals surface area contributed by atoms with Crippen LogP contribution < -0.4 is 5.32 Å². The van der Waals surface area contributed by atoms with Crippen LogP contribution in [0.1, 0.15) is 32.0 Å². The molecule has 5 nitrogen and oxygen atoms in total. The number of carbonyl (C=O) groups is 1. The highest BCUT2D eigenvalue weighted by Crippen LogP contribution is 2.12. The minimum Gasteiger partial charge on any atom is -0.360 e. The van der Waals surface area contributed by atoms with E-state index in [1.165, 1.54) is 11.5 Å². The summed E-state index contributed by atoms with van der Waals surface area (Å²) >= 11 is 1.36. The van der Waals surface area contributed by atoms with Crippen molar-refractivity contribution in [3.05, 3.63) is 5.82 Å². The van der Waals surface area contributed by atoms with Gasteiger partial charge in [0.05, 0.1) is 0 Å². The maximum atomic E-state index is 11.8. The van der Waals surface area contributed by atoms with Gasteiger partial charge in [-0.25, -0.2) is 4.98 Å². The van der Waals surface area contributed by atoms with Gasteiger partial charge in [0, 0.05) is 44.0 Å². The molecule has 17 heavy (non-hydrogen) atoms. The minimum atomic E-state index is 0.246. The summed E-state index contributed by atoms with van der Waals surface area (Å²) in [6.07, 6.45) is 3.69. The number of amides is 1. The summed E-state index contributed by atoms with van der Waals surface area (Å²) in [5.74, 6) is 1.11. The predicted octanol–water partition coefficient (Wildman–Crippen LogP) is 1.52. The van der Waals surface area contributed by atoms with Crippen molar-refractivity contribution in [3.63, 3.8) is 0 Å². The summed E-state index contributed by atoms with van der Waals surface area (Å²) in [4.78, 5) is 18.0. The first-order valence-electron chi connectivity index (χ1n) is 6.14. The van der Waals surface area contributed by atoms with Gasteiger partial charge in [-0.3, -0.25) is 4.79 Å². The molecule has 0 saturated carbocycles. The minimum absolute atomic E-state index is 0.246. The average molecular weight is 254 g/mol. The summed E-state index contributed by atoms with van der Waals surface area (Å²) in [5, 5.41) is 3.97. The summed E-state index contributed by atoms with van der Waals surface area (Å²) in [6.45, 7) is 4.53. The van der Waals surface area contributed by atoms with Gasteiger partial charge >= 0.3 is 0 Å². The van der Waals surface area contributed by atoms with Gasteiger partial charge in [-0.2, -0.15) is 4.37 Å². The number of carbonyl (C=O) groups excluding carboxylic acids is 1. The number of aromatic nitrogens is 2. The molecule has 0 bridgehead atoms. The molecule has 2 heterocycles. The van der Waals surface area contributed by atoms with Crippen molar-refractivity contribution in [1.82, 2.24) is 14.3 Å². The number of nitrogens with zero attached hydrogens (tertiary/aromatic N) is 3. The predicted molar refractivity (Wildman–Crippen MR) is 68.2 cm³/mol. The second-order valence-corrected chi connectivity index (χ2v) is 4.89. The van der Waals surface area contributed by atoms with E-state index < -0.39 is 0 Å². The Balaban J connectivity index is 1.69. The molecule has 1 aromatic heterocycles. The van der Waals surface area contributed by atoms with Crippen LogP contribution in [0.2, 0.25) is 0 Å². The van der Waals surface area contributed by atoms with E-state index in [2.05, 4.69) is 14.7 Å². The zero-order valence-corrected chi connectivity index (χ0v) is 10.9. The van der Waals surface area contributed by atoms with E-state index in [1.807, 2.05) is 11.8 Å². The smallest absolute Gasteiger partial charge is 0.224 e. The Morgan fingerprint density at radius 3 is 2.88 bits per heavy atom. The molecular weight excluding hydrogens is 236 g/mol. The Morgan fingerprint density at radius 2 is 2.24 bits per heavy atom. The van der Waals surface area contributed by atoms with Gasteiger partial charge in [0.25, 0.3) is 0 Å². The molecule has 6 heteroatoms. The Bertz CT molecular complexity index is 373. The number of rotatable bonds is 5. The fourth-order valence-corrected chi connectivity index (χ4v) is 2.54. The highest BCUT2D eigenvalue weighted by Gasteiger charge is 2.17. The van der Waals surface area contributed by atoms with E-state index in [0.29, 0.717) is 13.0 Å². The molecule has 2 rings (SSSR count). The van der Waals surface area contributed by atoms with Gasteiger partial charge < -0.3 is 10.2 Å². The molecule has 1 fully saturated rings. The van der Waals surface area contributed by atoms with E-state index in [9.17, 15) is 4.79 Å². The molecule has 94 valence electrons. The zero-order valence-electron chi connectivity index (χ0n) is 10.1. The zero-order chi connectivity index (χ0) is 12.1. The average Bonchev–Trinajstić information content (AvgIpc) is 3.00. The number of likely N-dealkylation sites (tertiary alicyclic amines) is 1. The molecular formula is C11H18N4OS. The van der Waals surface area contributed by atoms with Gasteiger partial charge in [0.1, 0.15) is 5.82 Å². The Hall–Kier alpha value is -1.17. The molecule has 0 aliphatic carbocycles. The SMILES string of the molecule is CCc1nsc(NCCC(=O)N2CCCC2)n1. The van der Waals surface area contributed by atoms with Crippen molar-refractivity contribution in [2.75, 3.05) is 25.0 Å². The third kappa shape index (κ3) is 3.39. The number of anilines is 1. The van der Waals surface area contributed by atoms with Crippen LogP contribution in [-0.4, -0.2) is 39.8 Å². The Kier molecular flexibility index (Phi) is 4.30. The second-order valence-electron chi connectivity index (χ2n) is 4.13. The molecule has 0 unspecified atom stereocenters. The van der Waals surface area contributed by atoms with Crippen molar-refractivity contribution in [2.24, 2.45) is 0 Å². The van der Waals surface area contributed by atoms with Crippen LogP contribution in [0, 0.1) is 0 Å². The lowest BCUT2D eigenvalue weighted by Crippen LogP contribution is -2.29. The first kappa shape index (κ1) is 12.3. The van der Waals surface area contributed by atoms with Crippen LogP contribution in [-0.2, 0) is 11.2 Å². The largest absolute Gasteiger partial charge is 0.360 e. The monoisotopic (exact) mass is 254 g/mol. The summed E-state index contributed by atoms with van der Waals surface area (Å²) < 4.78 is 4.18. The lowest BCUT2D eigenvalue weighted by atomic mass is 10.3. The maximum absolute atomic E-state index is 11.8. The second kappa shape index (κ2) is 5.95. The number of nitrogens with one attached hydrogen (secondary N) is 1. The summed E-state index contributed by atoms with van der Waals surface area (Å²) in [5.41, 5.74) is 0. The molecule has 0 atom stereocenters. The number of hydrogen-bond acceptors (Lipinski definition) is 5. The van der Waals surface area contributed by atoms with Gasteiger partial charge in [-0.05, 0) is 12.8 Å². The third-order valence-corrected chi connectivity index (χ3v) is 3.57.